The minimum absolute atomic E-state index is 0.127. The summed E-state index contributed by atoms with van der Waals surface area (Å²) in [5.41, 5.74) is 2.74. The van der Waals surface area contributed by atoms with Crippen molar-refractivity contribution in [1.29, 1.82) is 0 Å². The van der Waals surface area contributed by atoms with E-state index in [-0.39, 0.29) is 5.82 Å². The first-order chi connectivity index (χ1) is 11.5. The van der Waals surface area contributed by atoms with Crippen molar-refractivity contribution in [2.75, 3.05) is 11.4 Å². The largest absolute Gasteiger partial charge is 0.343 e. The second kappa shape index (κ2) is 9.05. The monoisotopic (exact) mass is 329 g/mol. The van der Waals surface area contributed by atoms with E-state index in [4.69, 9.17) is 0 Å². The number of unbranched alkanes of at least 4 members (excludes halogenated alkanes) is 1. The highest BCUT2D eigenvalue weighted by Gasteiger charge is 2.25. The molecule has 2 unspecified atom stereocenters. The van der Waals surface area contributed by atoms with Crippen LogP contribution in [0.25, 0.3) is 0 Å². The van der Waals surface area contributed by atoms with Crippen molar-refractivity contribution >= 4 is 5.69 Å². The Bertz CT molecular complexity index is 563. The number of anilines is 1. The molecule has 1 aliphatic heterocycles. The van der Waals surface area contributed by atoms with Crippen LogP contribution in [-0.2, 0) is 6.42 Å². The van der Waals surface area contributed by atoms with Crippen LogP contribution in [0.4, 0.5) is 10.1 Å². The van der Waals surface area contributed by atoms with Crippen molar-refractivity contribution in [2.24, 2.45) is 11.8 Å². The quantitative estimate of drug-likeness (QED) is 0.369. The van der Waals surface area contributed by atoms with Crippen molar-refractivity contribution in [3.05, 3.63) is 54.5 Å². The molecule has 1 fully saturated rings. The maximum atomic E-state index is 14.5. The van der Waals surface area contributed by atoms with Gasteiger partial charge in [-0.05, 0) is 48.8 Å². The molecule has 1 aromatic rings. The van der Waals surface area contributed by atoms with Crippen LogP contribution in [0.3, 0.4) is 0 Å². The lowest BCUT2D eigenvalue weighted by Gasteiger charge is -2.20. The van der Waals surface area contributed by atoms with Crippen LogP contribution in [-0.4, -0.2) is 6.54 Å². The molecule has 24 heavy (non-hydrogen) atoms. The molecule has 1 nitrogen and oxygen atoms in total. The van der Waals surface area contributed by atoms with Crippen LogP contribution in [0.15, 0.2) is 43.1 Å². The van der Waals surface area contributed by atoms with Gasteiger partial charge in [-0.2, -0.15) is 0 Å². The fourth-order valence-corrected chi connectivity index (χ4v) is 3.65. The summed E-state index contributed by atoms with van der Waals surface area (Å²) in [5.74, 6) is 1.06. The Balaban J connectivity index is 1.88. The van der Waals surface area contributed by atoms with Gasteiger partial charge in [0.1, 0.15) is 5.82 Å². The van der Waals surface area contributed by atoms with Crippen LogP contribution in [0, 0.1) is 17.7 Å². The summed E-state index contributed by atoms with van der Waals surface area (Å²) in [7, 11) is 0. The Morgan fingerprint density at radius 2 is 2.12 bits per heavy atom. The topological polar surface area (TPSA) is 3.24 Å². The number of halogens is 1. The lowest BCUT2D eigenvalue weighted by Crippen LogP contribution is -2.18. The number of hydrogen-bond acceptors (Lipinski definition) is 1. The molecule has 1 aromatic carbocycles. The number of rotatable bonds is 9. The minimum atomic E-state index is -0.127. The Morgan fingerprint density at radius 1 is 1.33 bits per heavy atom. The maximum absolute atomic E-state index is 14.5. The molecule has 0 N–H and O–H groups in total. The lowest BCUT2D eigenvalue weighted by molar-refractivity contribution is 0.461. The Morgan fingerprint density at radius 3 is 2.75 bits per heavy atom. The predicted octanol–water partition coefficient (Wildman–Crippen LogP) is 6.50. The molecule has 2 atom stereocenters. The summed E-state index contributed by atoms with van der Waals surface area (Å²) in [5, 5.41) is 0. The first-order valence-electron chi connectivity index (χ1n) is 9.41. The van der Waals surface area contributed by atoms with Crippen LogP contribution < -0.4 is 4.90 Å². The summed E-state index contributed by atoms with van der Waals surface area (Å²) in [6.45, 7) is 13.3. The maximum Gasteiger partial charge on any atom is 0.147 e. The van der Waals surface area contributed by atoms with E-state index in [2.05, 4.69) is 33.1 Å². The summed E-state index contributed by atoms with van der Waals surface area (Å²) in [6, 6.07) is 5.70. The third-order valence-electron chi connectivity index (χ3n) is 5.13. The Kier molecular flexibility index (Phi) is 7.08. The van der Waals surface area contributed by atoms with E-state index in [0.717, 1.165) is 43.0 Å². The molecule has 0 spiro atoms. The van der Waals surface area contributed by atoms with Crippen molar-refractivity contribution in [3.63, 3.8) is 0 Å². The molecule has 0 aliphatic carbocycles. The smallest absolute Gasteiger partial charge is 0.147 e. The fourth-order valence-electron chi connectivity index (χ4n) is 3.65. The molecule has 2 rings (SSSR count). The van der Waals surface area contributed by atoms with E-state index in [0.29, 0.717) is 11.6 Å². The molecule has 1 aliphatic rings. The van der Waals surface area contributed by atoms with E-state index >= 15 is 0 Å². The van der Waals surface area contributed by atoms with E-state index < -0.39 is 0 Å². The molecule has 0 saturated carbocycles. The third-order valence-corrected chi connectivity index (χ3v) is 5.13. The Labute approximate surface area is 147 Å². The first kappa shape index (κ1) is 18.8. The molecule has 0 amide bonds. The van der Waals surface area contributed by atoms with Gasteiger partial charge in [0.15, 0.2) is 0 Å². The Hall–Kier alpha value is -1.57. The van der Waals surface area contributed by atoms with Crippen LogP contribution in [0.1, 0.15) is 57.9 Å². The van der Waals surface area contributed by atoms with Gasteiger partial charge in [-0.15, -0.1) is 6.58 Å². The average Bonchev–Trinajstić information content (AvgIpc) is 2.93. The van der Waals surface area contributed by atoms with Crippen molar-refractivity contribution in [3.8, 4) is 0 Å². The number of allylic oxidation sites excluding steroid dienone is 1. The van der Waals surface area contributed by atoms with E-state index in [1.165, 1.54) is 25.7 Å². The number of aryl methyl sites for hydroxylation is 1. The van der Waals surface area contributed by atoms with Gasteiger partial charge < -0.3 is 4.90 Å². The van der Waals surface area contributed by atoms with Crippen LogP contribution >= 0.6 is 0 Å². The van der Waals surface area contributed by atoms with E-state index in [9.17, 15) is 4.39 Å². The first-order valence-corrected chi connectivity index (χ1v) is 9.41. The molecule has 0 bridgehead atoms. The molecular formula is C22H32FN. The number of hydrogen-bond donors (Lipinski definition) is 0. The zero-order valence-electron chi connectivity index (χ0n) is 15.4. The summed E-state index contributed by atoms with van der Waals surface area (Å²) >= 11 is 0. The van der Waals surface area contributed by atoms with Gasteiger partial charge in [-0.3, -0.25) is 0 Å². The molecule has 2 heteroatoms. The highest BCUT2D eigenvalue weighted by Crippen LogP contribution is 2.33. The molecular weight excluding hydrogens is 297 g/mol. The predicted molar refractivity (Wildman–Crippen MR) is 103 cm³/mol. The highest BCUT2D eigenvalue weighted by atomic mass is 19.1. The van der Waals surface area contributed by atoms with Crippen molar-refractivity contribution < 1.29 is 4.39 Å². The summed E-state index contributed by atoms with van der Waals surface area (Å²) < 4.78 is 14.5. The standard InChI is InChI=1S/C22H32FN/c1-5-9-17(3)10-7-8-11-20-12-13-22(21(23)15-20)24-16-19(6-2)14-18(24)4/h6,12-13,15,17,19H,2,4-5,7-11,14,16H2,1,3H3. The number of nitrogens with zero attached hydrogens (tertiary/aromatic N) is 1. The van der Waals surface area contributed by atoms with Gasteiger partial charge in [-0.1, -0.05) is 58.3 Å². The van der Waals surface area contributed by atoms with E-state index in [1.54, 1.807) is 6.07 Å². The zero-order valence-corrected chi connectivity index (χ0v) is 15.4. The van der Waals surface area contributed by atoms with Crippen molar-refractivity contribution in [2.45, 2.75) is 58.8 Å². The second-order valence-corrected chi connectivity index (χ2v) is 7.30. The minimum Gasteiger partial charge on any atom is -0.343 e. The van der Waals surface area contributed by atoms with Crippen LogP contribution in [0.5, 0.6) is 0 Å². The van der Waals surface area contributed by atoms with Crippen LogP contribution in [0.2, 0.25) is 0 Å². The van der Waals surface area contributed by atoms with Gasteiger partial charge in [-0.25, -0.2) is 4.39 Å². The highest BCUT2D eigenvalue weighted by molar-refractivity contribution is 5.55. The van der Waals surface area contributed by atoms with Gasteiger partial charge in [0, 0.05) is 12.2 Å². The van der Waals surface area contributed by atoms with Gasteiger partial charge in [0.25, 0.3) is 0 Å². The van der Waals surface area contributed by atoms with Gasteiger partial charge >= 0.3 is 0 Å². The normalized spacial score (nSPS) is 18.9. The molecule has 0 aromatic heterocycles. The molecule has 1 saturated heterocycles. The second-order valence-electron chi connectivity index (χ2n) is 7.30. The van der Waals surface area contributed by atoms with Gasteiger partial charge in [0.2, 0.25) is 0 Å². The molecule has 1 heterocycles. The lowest BCUT2D eigenvalue weighted by atomic mass is 9.97. The molecule has 0 radical (unpaired) electrons. The molecule has 132 valence electrons. The van der Waals surface area contributed by atoms with Gasteiger partial charge in [0.05, 0.1) is 5.69 Å². The zero-order chi connectivity index (χ0) is 17.5. The average molecular weight is 330 g/mol. The number of benzene rings is 1. The SMILES string of the molecule is C=CC1CC(=C)N(c2ccc(CCCCC(C)CCC)cc2F)C1. The third kappa shape index (κ3) is 4.96. The van der Waals surface area contributed by atoms with E-state index in [1.807, 2.05) is 17.0 Å². The van der Waals surface area contributed by atoms with Crippen molar-refractivity contribution in [1.82, 2.24) is 0 Å². The fraction of sp³-hybridized carbons (Fsp3) is 0.545. The summed E-state index contributed by atoms with van der Waals surface area (Å²) in [6.07, 6.45) is 10.0. The summed E-state index contributed by atoms with van der Waals surface area (Å²) in [4.78, 5) is 2.00.